The van der Waals surface area contributed by atoms with E-state index in [4.69, 9.17) is 16.3 Å². The van der Waals surface area contributed by atoms with Crippen molar-refractivity contribution in [1.29, 1.82) is 0 Å². The number of carboxylic acid groups (broad SMARTS) is 1. The van der Waals surface area contributed by atoms with Crippen molar-refractivity contribution in [2.75, 3.05) is 37.7 Å². The van der Waals surface area contributed by atoms with Gasteiger partial charge in [0.25, 0.3) is 11.8 Å². The Morgan fingerprint density at radius 1 is 1.09 bits per heavy atom. The van der Waals surface area contributed by atoms with Crippen molar-refractivity contribution in [2.45, 2.75) is 6.42 Å². The highest BCUT2D eigenvalue weighted by atomic mass is 35.5. The Labute approximate surface area is 204 Å². The summed E-state index contributed by atoms with van der Waals surface area (Å²) in [6.45, 7) is 0.844. The number of benzene rings is 2. The van der Waals surface area contributed by atoms with Gasteiger partial charge in [-0.3, -0.25) is 9.59 Å². The topological polar surface area (TPSA) is 125 Å². The third kappa shape index (κ3) is 4.00. The first-order chi connectivity index (χ1) is 16.9. The molecule has 11 heteroatoms. The molecule has 2 aliphatic rings. The van der Waals surface area contributed by atoms with E-state index in [9.17, 15) is 24.6 Å². The molecule has 3 heterocycles. The highest BCUT2D eigenvalue weighted by molar-refractivity contribution is 6.30. The first-order valence-corrected chi connectivity index (χ1v) is 11.4. The molecule has 0 fully saturated rings. The third-order valence-electron chi connectivity index (χ3n) is 6.05. The maximum absolute atomic E-state index is 13.7. The van der Waals surface area contributed by atoms with Crippen molar-refractivity contribution in [3.63, 3.8) is 0 Å². The van der Waals surface area contributed by atoms with E-state index in [1.165, 1.54) is 14.5 Å². The standard InChI is InChI=1S/C24H21ClN4O6/c25-14-2-1-3-16(12-14)29-21-17(20(26-29)24(33)34)6-7-28(23(21)32)15-4-5-19-18(13-15)22(31)27(8-10-30)9-11-35-19/h1-5,12-13,30H,6-11H2,(H,33,34). The molecule has 2 amide bonds. The number of aliphatic hydroxyl groups excluding tert-OH is 1. The predicted octanol–water partition coefficient (Wildman–Crippen LogP) is 2.25. The summed E-state index contributed by atoms with van der Waals surface area (Å²) in [5.74, 6) is -1.56. The smallest absolute Gasteiger partial charge is 0.356 e. The van der Waals surface area contributed by atoms with Gasteiger partial charge < -0.3 is 24.7 Å². The van der Waals surface area contributed by atoms with Gasteiger partial charge in [0, 0.05) is 29.4 Å². The Bertz CT molecular complexity index is 1350. The molecule has 0 atom stereocenters. The number of aromatic carboxylic acids is 1. The SMILES string of the molecule is O=C(O)c1nn(-c2cccc(Cl)c2)c2c1CCN(c1ccc3c(c1)C(=O)N(CCO)CCO3)C2=O. The van der Waals surface area contributed by atoms with Crippen molar-refractivity contribution < 1.29 is 29.3 Å². The average Bonchev–Trinajstić information content (AvgIpc) is 3.17. The molecule has 5 rings (SSSR count). The fourth-order valence-corrected chi connectivity index (χ4v) is 4.61. The van der Waals surface area contributed by atoms with Crippen molar-refractivity contribution in [2.24, 2.45) is 0 Å². The summed E-state index contributed by atoms with van der Waals surface area (Å²) in [7, 11) is 0. The number of carbonyl (C=O) groups is 3. The second-order valence-corrected chi connectivity index (χ2v) is 8.56. The minimum Gasteiger partial charge on any atom is -0.491 e. The molecular weight excluding hydrogens is 476 g/mol. The van der Waals surface area contributed by atoms with E-state index in [1.807, 2.05) is 0 Å². The maximum Gasteiger partial charge on any atom is 0.356 e. The van der Waals surface area contributed by atoms with Crippen LogP contribution in [0.2, 0.25) is 5.02 Å². The van der Waals surface area contributed by atoms with Crippen LogP contribution in [0.25, 0.3) is 5.69 Å². The number of β-amino-alcohol motifs (C(OH)–C–C–N with tert-alkyl or cyclic N) is 1. The number of fused-ring (bicyclic) bond motifs is 2. The van der Waals surface area contributed by atoms with Gasteiger partial charge in [0.1, 0.15) is 18.1 Å². The van der Waals surface area contributed by atoms with Crippen molar-refractivity contribution >= 4 is 35.1 Å². The van der Waals surface area contributed by atoms with Crippen LogP contribution in [-0.2, 0) is 6.42 Å². The van der Waals surface area contributed by atoms with Gasteiger partial charge in [0.2, 0.25) is 0 Å². The molecule has 3 aromatic rings. The summed E-state index contributed by atoms with van der Waals surface area (Å²) in [4.78, 5) is 41.6. The molecule has 0 saturated carbocycles. The first-order valence-electron chi connectivity index (χ1n) is 11.0. The van der Waals surface area contributed by atoms with Gasteiger partial charge in [-0.1, -0.05) is 17.7 Å². The zero-order chi connectivity index (χ0) is 24.7. The van der Waals surface area contributed by atoms with E-state index in [2.05, 4.69) is 5.10 Å². The van der Waals surface area contributed by atoms with Crippen molar-refractivity contribution in [3.8, 4) is 11.4 Å². The molecule has 1 aromatic heterocycles. The summed E-state index contributed by atoms with van der Waals surface area (Å²) < 4.78 is 7.00. The number of amides is 2. The second-order valence-electron chi connectivity index (χ2n) is 8.12. The van der Waals surface area contributed by atoms with Crippen molar-refractivity contribution in [3.05, 3.63) is 70.0 Å². The third-order valence-corrected chi connectivity index (χ3v) is 6.29. The van der Waals surface area contributed by atoms with E-state index in [1.54, 1.807) is 42.5 Å². The van der Waals surface area contributed by atoms with Crippen LogP contribution in [0.1, 0.15) is 36.9 Å². The molecule has 10 nitrogen and oxygen atoms in total. The van der Waals surface area contributed by atoms with Crippen LogP contribution in [0.4, 0.5) is 5.69 Å². The number of hydrogen-bond acceptors (Lipinski definition) is 6. The normalized spacial score (nSPS) is 15.4. The number of aliphatic hydroxyl groups is 1. The van der Waals surface area contributed by atoms with Gasteiger partial charge in [-0.05, 0) is 42.8 Å². The molecule has 0 aliphatic carbocycles. The zero-order valence-electron chi connectivity index (χ0n) is 18.5. The fourth-order valence-electron chi connectivity index (χ4n) is 4.42. The predicted molar refractivity (Wildman–Crippen MR) is 126 cm³/mol. The lowest BCUT2D eigenvalue weighted by Gasteiger charge is -2.28. The van der Waals surface area contributed by atoms with Gasteiger partial charge in [0.05, 0.1) is 24.4 Å². The molecule has 2 N–H and O–H groups in total. The summed E-state index contributed by atoms with van der Waals surface area (Å²) in [6.07, 6.45) is 0.265. The Balaban J connectivity index is 1.57. The number of halogens is 1. The van der Waals surface area contributed by atoms with Crippen molar-refractivity contribution in [1.82, 2.24) is 14.7 Å². The fraction of sp³-hybridized carbons (Fsp3) is 0.250. The quantitative estimate of drug-likeness (QED) is 0.555. The van der Waals surface area contributed by atoms with E-state index in [0.717, 1.165) is 0 Å². The first kappa shape index (κ1) is 22.9. The molecule has 0 spiro atoms. The number of ether oxygens (including phenoxy) is 1. The van der Waals surface area contributed by atoms with E-state index in [-0.39, 0.29) is 43.4 Å². The summed E-state index contributed by atoms with van der Waals surface area (Å²) >= 11 is 6.12. The van der Waals surface area contributed by atoms with Crippen LogP contribution < -0.4 is 9.64 Å². The molecule has 35 heavy (non-hydrogen) atoms. The van der Waals surface area contributed by atoms with E-state index >= 15 is 0 Å². The lowest BCUT2D eigenvalue weighted by molar-refractivity contribution is 0.0687. The molecule has 2 aromatic carbocycles. The lowest BCUT2D eigenvalue weighted by atomic mass is 10.0. The minimum absolute atomic E-state index is 0.135. The van der Waals surface area contributed by atoms with Crippen LogP contribution >= 0.6 is 11.6 Å². The Morgan fingerprint density at radius 2 is 1.91 bits per heavy atom. The number of nitrogens with zero attached hydrogens (tertiary/aromatic N) is 4. The maximum atomic E-state index is 13.7. The molecular formula is C24H21ClN4O6. The highest BCUT2D eigenvalue weighted by Crippen LogP contribution is 2.33. The Hall–Kier alpha value is -3.89. The highest BCUT2D eigenvalue weighted by Gasteiger charge is 2.36. The number of aromatic nitrogens is 2. The summed E-state index contributed by atoms with van der Waals surface area (Å²) in [5, 5.41) is 23.6. The Morgan fingerprint density at radius 3 is 2.66 bits per heavy atom. The number of carbonyl (C=O) groups excluding carboxylic acids is 2. The van der Waals surface area contributed by atoms with Gasteiger partial charge in [-0.25, -0.2) is 9.48 Å². The molecule has 180 valence electrons. The Kier molecular flexibility index (Phi) is 5.91. The number of anilines is 1. The summed E-state index contributed by atoms with van der Waals surface area (Å²) in [6, 6.07) is 11.6. The minimum atomic E-state index is -1.22. The second kappa shape index (κ2) is 9.05. The molecule has 0 unspecified atom stereocenters. The average molecular weight is 497 g/mol. The lowest BCUT2D eigenvalue weighted by Crippen LogP contribution is -2.39. The van der Waals surface area contributed by atoms with E-state index in [0.29, 0.717) is 46.4 Å². The van der Waals surface area contributed by atoms with Gasteiger partial charge >= 0.3 is 5.97 Å². The molecule has 0 radical (unpaired) electrons. The van der Waals surface area contributed by atoms with Crippen LogP contribution in [-0.4, -0.2) is 75.5 Å². The largest absolute Gasteiger partial charge is 0.491 e. The molecule has 2 aliphatic heterocycles. The molecule has 0 saturated heterocycles. The van der Waals surface area contributed by atoms with Crippen LogP contribution in [0, 0.1) is 0 Å². The summed E-state index contributed by atoms with van der Waals surface area (Å²) in [5.41, 5.74) is 1.52. The zero-order valence-corrected chi connectivity index (χ0v) is 19.2. The van der Waals surface area contributed by atoms with Crippen LogP contribution in [0.15, 0.2) is 42.5 Å². The molecule has 0 bridgehead atoms. The number of rotatable bonds is 5. The van der Waals surface area contributed by atoms with Crippen LogP contribution in [0.3, 0.4) is 0 Å². The van der Waals surface area contributed by atoms with Gasteiger partial charge in [-0.2, -0.15) is 5.10 Å². The number of hydrogen-bond donors (Lipinski definition) is 2. The number of carboxylic acids is 1. The van der Waals surface area contributed by atoms with E-state index < -0.39 is 11.9 Å². The monoisotopic (exact) mass is 496 g/mol. The van der Waals surface area contributed by atoms with Gasteiger partial charge in [0.15, 0.2) is 5.69 Å². The van der Waals surface area contributed by atoms with Gasteiger partial charge in [-0.15, -0.1) is 0 Å². The van der Waals surface area contributed by atoms with Crippen LogP contribution in [0.5, 0.6) is 5.75 Å².